The Morgan fingerprint density at radius 1 is 1.15 bits per heavy atom. The number of carbonyl (C=O) groups is 2. The maximum absolute atomic E-state index is 14.3. The summed E-state index contributed by atoms with van der Waals surface area (Å²) in [5.74, 6) is 0.616. The molecule has 176 valence electrons. The number of ether oxygens (including phenoxy) is 2. The molecule has 0 bridgehead atoms. The molecule has 1 atom stereocenters. The molecule has 0 aliphatic carbocycles. The van der Waals surface area contributed by atoms with Crippen molar-refractivity contribution in [1.29, 1.82) is 0 Å². The average molecular weight is 463 g/mol. The molecule has 7 heteroatoms. The van der Waals surface area contributed by atoms with Crippen molar-refractivity contribution in [2.75, 3.05) is 12.4 Å². The van der Waals surface area contributed by atoms with Crippen LogP contribution in [0.15, 0.2) is 66.7 Å². The third-order valence-corrected chi connectivity index (χ3v) is 5.78. The molecular weight excluding hydrogens is 435 g/mol. The highest BCUT2D eigenvalue weighted by Crippen LogP contribution is 2.30. The van der Waals surface area contributed by atoms with Crippen molar-refractivity contribution < 1.29 is 23.5 Å². The van der Waals surface area contributed by atoms with E-state index in [1.807, 2.05) is 31.2 Å². The second-order valence-electron chi connectivity index (χ2n) is 8.20. The van der Waals surface area contributed by atoms with E-state index >= 15 is 0 Å². The van der Waals surface area contributed by atoms with Crippen LogP contribution in [0.25, 0.3) is 0 Å². The lowest BCUT2D eigenvalue weighted by atomic mass is 10.1. The molecule has 0 saturated heterocycles. The van der Waals surface area contributed by atoms with Crippen molar-refractivity contribution in [3.63, 3.8) is 0 Å². The second-order valence-corrected chi connectivity index (χ2v) is 8.20. The maximum atomic E-state index is 14.3. The molecule has 4 rings (SSSR count). The Bertz CT molecular complexity index is 1180. The summed E-state index contributed by atoms with van der Waals surface area (Å²) in [5, 5.41) is 2.91. The second kappa shape index (κ2) is 10.4. The topological polar surface area (TPSA) is 67.9 Å². The van der Waals surface area contributed by atoms with Crippen molar-refractivity contribution in [2.24, 2.45) is 0 Å². The molecule has 3 aromatic carbocycles. The first-order valence-corrected chi connectivity index (χ1v) is 11.2. The molecular formula is C27H27FN2O4. The first-order valence-electron chi connectivity index (χ1n) is 11.2. The van der Waals surface area contributed by atoms with Crippen LogP contribution in [0.3, 0.4) is 0 Å². The number of carbonyl (C=O) groups excluding carboxylic acids is 2. The number of nitrogens with zero attached hydrogens (tertiary/aromatic N) is 1. The van der Waals surface area contributed by atoms with E-state index in [0.717, 1.165) is 16.9 Å². The van der Waals surface area contributed by atoms with Crippen LogP contribution in [0.4, 0.5) is 10.1 Å². The Hall–Kier alpha value is -3.87. The van der Waals surface area contributed by atoms with E-state index in [0.29, 0.717) is 23.4 Å². The molecule has 1 N–H and O–H groups in total. The van der Waals surface area contributed by atoms with Crippen LogP contribution >= 0.6 is 0 Å². The van der Waals surface area contributed by atoms with E-state index in [1.54, 1.807) is 48.4 Å². The number of anilines is 1. The third-order valence-electron chi connectivity index (χ3n) is 5.78. The number of rotatable bonds is 7. The fourth-order valence-corrected chi connectivity index (χ4v) is 3.94. The number of methoxy groups -OCH3 is 1. The average Bonchev–Trinajstić information content (AvgIpc) is 2.97. The molecule has 1 aliphatic heterocycles. The molecule has 0 spiro atoms. The zero-order valence-corrected chi connectivity index (χ0v) is 19.2. The zero-order chi connectivity index (χ0) is 24.1. The molecule has 0 radical (unpaired) electrons. The lowest BCUT2D eigenvalue weighted by Crippen LogP contribution is -2.39. The van der Waals surface area contributed by atoms with E-state index < -0.39 is 6.10 Å². The van der Waals surface area contributed by atoms with Crippen molar-refractivity contribution in [1.82, 2.24) is 4.90 Å². The molecule has 34 heavy (non-hydrogen) atoms. The van der Waals surface area contributed by atoms with Gasteiger partial charge in [-0.3, -0.25) is 9.59 Å². The highest BCUT2D eigenvalue weighted by molar-refractivity contribution is 5.92. The van der Waals surface area contributed by atoms with Crippen LogP contribution in [0, 0.1) is 5.82 Å². The van der Waals surface area contributed by atoms with Crippen LogP contribution in [0.5, 0.6) is 11.5 Å². The molecule has 0 saturated carbocycles. The molecule has 1 heterocycles. The van der Waals surface area contributed by atoms with Crippen molar-refractivity contribution >= 4 is 17.5 Å². The summed E-state index contributed by atoms with van der Waals surface area (Å²) in [7, 11) is 1.59. The number of hydrogen-bond acceptors (Lipinski definition) is 4. The van der Waals surface area contributed by atoms with Crippen molar-refractivity contribution in [3.8, 4) is 11.5 Å². The lowest BCUT2D eigenvalue weighted by Gasteiger charge is -2.23. The van der Waals surface area contributed by atoms with Crippen molar-refractivity contribution in [2.45, 2.75) is 39.0 Å². The van der Waals surface area contributed by atoms with Gasteiger partial charge in [-0.1, -0.05) is 37.3 Å². The number of benzene rings is 3. The van der Waals surface area contributed by atoms with Gasteiger partial charge in [-0.25, -0.2) is 4.39 Å². The summed E-state index contributed by atoms with van der Waals surface area (Å²) in [6.07, 6.45) is 0.0586. The van der Waals surface area contributed by atoms with E-state index in [-0.39, 0.29) is 37.1 Å². The van der Waals surface area contributed by atoms with Gasteiger partial charge in [0.15, 0.2) is 6.10 Å². The number of hydrogen-bond donors (Lipinski definition) is 1. The van der Waals surface area contributed by atoms with E-state index in [1.165, 1.54) is 6.07 Å². The van der Waals surface area contributed by atoms with Gasteiger partial charge in [0.25, 0.3) is 5.91 Å². The summed E-state index contributed by atoms with van der Waals surface area (Å²) in [6, 6.07) is 19.1. The molecule has 1 aliphatic rings. The normalized spacial score (nSPS) is 15.2. The van der Waals surface area contributed by atoms with Crippen LogP contribution in [-0.4, -0.2) is 29.9 Å². The SMILES string of the molecule is CCC1Oc2ccc(NC(=O)Cc3ccc(OC)cc3)cc2CN(Cc2ccccc2F)C1=O. The standard InChI is InChI=1S/C27H27FN2O4/c1-3-24-27(32)30(16-19-6-4-5-7-23(19)28)17-20-15-21(10-13-25(20)34-24)29-26(31)14-18-8-11-22(33-2)12-9-18/h4-13,15,24H,3,14,16-17H2,1-2H3,(H,29,31). The van der Waals surface area contributed by atoms with E-state index in [2.05, 4.69) is 5.32 Å². The fourth-order valence-electron chi connectivity index (χ4n) is 3.94. The van der Waals surface area contributed by atoms with Crippen LogP contribution in [0.2, 0.25) is 0 Å². The summed E-state index contributed by atoms with van der Waals surface area (Å²) >= 11 is 0. The minimum Gasteiger partial charge on any atom is -0.497 e. The van der Waals surface area contributed by atoms with Gasteiger partial charge in [0.2, 0.25) is 5.91 Å². The Balaban J connectivity index is 1.52. The Morgan fingerprint density at radius 2 is 1.91 bits per heavy atom. The Kier molecular flexibility index (Phi) is 7.11. The molecule has 1 unspecified atom stereocenters. The van der Waals surface area contributed by atoms with Gasteiger partial charge < -0.3 is 19.7 Å². The summed E-state index contributed by atoms with van der Waals surface area (Å²) < 4.78 is 25.4. The first-order chi connectivity index (χ1) is 16.5. The van der Waals surface area contributed by atoms with Crippen LogP contribution < -0.4 is 14.8 Å². The summed E-state index contributed by atoms with van der Waals surface area (Å²) in [6.45, 7) is 2.27. The largest absolute Gasteiger partial charge is 0.497 e. The van der Waals surface area contributed by atoms with E-state index in [4.69, 9.17) is 9.47 Å². The molecule has 6 nitrogen and oxygen atoms in total. The first kappa shape index (κ1) is 23.3. The van der Waals surface area contributed by atoms with Gasteiger partial charge >= 0.3 is 0 Å². The van der Waals surface area contributed by atoms with Crippen molar-refractivity contribution in [3.05, 3.63) is 89.2 Å². The van der Waals surface area contributed by atoms with Gasteiger partial charge in [0.1, 0.15) is 17.3 Å². The monoisotopic (exact) mass is 462 g/mol. The smallest absolute Gasteiger partial charge is 0.264 e. The third kappa shape index (κ3) is 5.36. The minimum atomic E-state index is -0.650. The van der Waals surface area contributed by atoms with Crippen LogP contribution in [0.1, 0.15) is 30.0 Å². The number of amides is 2. The van der Waals surface area contributed by atoms with Gasteiger partial charge in [0, 0.05) is 29.9 Å². The van der Waals surface area contributed by atoms with Gasteiger partial charge in [-0.15, -0.1) is 0 Å². The highest BCUT2D eigenvalue weighted by Gasteiger charge is 2.30. The zero-order valence-electron chi connectivity index (χ0n) is 19.2. The lowest BCUT2D eigenvalue weighted by molar-refractivity contribution is -0.139. The Morgan fingerprint density at radius 3 is 2.62 bits per heavy atom. The van der Waals surface area contributed by atoms with Gasteiger partial charge in [0.05, 0.1) is 13.5 Å². The molecule has 0 fully saturated rings. The quantitative estimate of drug-likeness (QED) is 0.552. The minimum absolute atomic E-state index is 0.138. The highest BCUT2D eigenvalue weighted by atomic mass is 19.1. The predicted molar refractivity (Wildman–Crippen MR) is 127 cm³/mol. The fraction of sp³-hybridized carbons (Fsp3) is 0.259. The summed E-state index contributed by atoms with van der Waals surface area (Å²) in [4.78, 5) is 27.3. The molecule has 2 amide bonds. The maximum Gasteiger partial charge on any atom is 0.264 e. The number of fused-ring (bicyclic) bond motifs is 1. The van der Waals surface area contributed by atoms with Crippen LogP contribution in [-0.2, 0) is 29.1 Å². The van der Waals surface area contributed by atoms with E-state index in [9.17, 15) is 14.0 Å². The Labute approximate surface area is 198 Å². The molecule has 3 aromatic rings. The predicted octanol–water partition coefficient (Wildman–Crippen LogP) is 4.72. The van der Waals surface area contributed by atoms with Gasteiger partial charge in [-0.2, -0.15) is 0 Å². The molecule has 0 aromatic heterocycles. The summed E-state index contributed by atoms with van der Waals surface area (Å²) in [5.41, 5.74) is 2.67. The number of nitrogens with one attached hydrogen (secondary N) is 1. The number of halogens is 1. The van der Waals surface area contributed by atoms with Gasteiger partial charge in [-0.05, 0) is 48.4 Å².